The van der Waals surface area contributed by atoms with Gasteiger partial charge in [-0.2, -0.15) is 0 Å². The van der Waals surface area contributed by atoms with Gasteiger partial charge in [0, 0.05) is 25.4 Å². The first-order chi connectivity index (χ1) is 8.19. The fraction of sp³-hybridized carbons (Fsp3) is 0.786. The topological polar surface area (TPSA) is 38.0 Å². The van der Waals surface area contributed by atoms with E-state index in [0.29, 0.717) is 5.92 Å². The molecular formula is C14H24N2O. The van der Waals surface area contributed by atoms with Gasteiger partial charge in [-0.3, -0.25) is 0 Å². The predicted octanol–water partition coefficient (Wildman–Crippen LogP) is 2.78. The lowest BCUT2D eigenvalue weighted by Crippen LogP contribution is -2.36. The molecule has 1 aliphatic rings. The van der Waals surface area contributed by atoms with Crippen LogP contribution in [-0.2, 0) is 13.0 Å². The number of imidazole rings is 1. The SMILES string of the molecule is CCCn1ccnc1CC1(O)CCCC1CC. The fourth-order valence-electron chi connectivity index (χ4n) is 3.17. The maximum absolute atomic E-state index is 10.8. The Morgan fingerprint density at radius 2 is 2.35 bits per heavy atom. The molecule has 1 aromatic heterocycles. The zero-order valence-corrected chi connectivity index (χ0v) is 11.0. The van der Waals surface area contributed by atoms with Gasteiger partial charge in [-0.05, 0) is 25.2 Å². The van der Waals surface area contributed by atoms with Crippen molar-refractivity contribution in [3.05, 3.63) is 18.2 Å². The molecule has 2 unspecified atom stereocenters. The highest BCUT2D eigenvalue weighted by Gasteiger charge is 2.40. The summed E-state index contributed by atoms with van der Waals surface area (Å²) in [5.41, 5.74) is -0.508. The van der Waals surface area contributed by atoms with Crippen molar-refractivity contribution in [3.8, 4) is 0 Å². The molecule has 0 bridgehead atoms. The molecule has 0 amide bonds. The van der Waals surface area contributed by atoms with E-state index in [4.69, 9.17) is 0 Å². The Kier molecular flexibility index (Phi) is 3.87. The van der Waals surface area contributed by atoms with Crippen LogP contribution in [0.3, 0.4) is 0 Å². The molecule has 0 saturated heterocycles. The third-order valence-corrected chi connectivity index (χ3v) is 4.15. The lowest BCUT2D eigenvalue weighted by molar-refractivity contribution is -0.000973. The predicted molar refractivity (Wildman–Crippen MR) is 68.8 cm³/mol. The molecule has 1 aliphatic carbocycles. The Bertz CT molecular complexity index is 361. The summed E-state index contributed by atoms with van der Waals surface area (Å²) in [6, 6.07) is 0. The van der Waals surface area contributed by atoms with E-state index >= 15 is 0 Å². The highest BCUT2D eigenvalue weighted by atomic mass is 16.3. The van der Waals surface area contributed by atoms with Crippen LogP contribution >= 0.6 is 0 Å². The standard InChI is InChI=1S/C14H24N2O/c1-3-9-16-10-8-15-13(16)11-14(17)7-5-6-12(14)4-2/h8,10,12,17H,3-7,9,11H2,1-2H3. The molecule has 1 fully saturated rings. The van der Waals surface area contributed by atoms with Crippen molar-refractivity contribution >= 4 is 0 Å². The second-order valence-corrected chi connectivity index (χ2v) is 5.31. The van der Waals surface area contributed by atoms with E-state index in [2.05, 4.69) is 23.4 Å². The number of nitrogens with zero attached hydrogens (tertiary/aromatic N) is 2. The van der Waals surface area contributed by atoms with Crippen LogP contribution in [0.5, 0.6) is 0 Å². The summed E-state index contributed by atoms with van der Waals surface area (Å²) in [6.07, 6.45) is 10.0. The van der Waals surface area contributed by atoms with Gasteiger partial charge in [-0.1, -0.05) is 26.7 Å². The molecule has 0 aliphatic heterocycles. The van der Waals surface area contributed by atoms with Crippen molar-refractivity contribution in [2.45, 2.75) is 64.5 Å². The quantitative estimate of drug-likeness (QED) is 0.853. The Hall–Kier alpha value is -0.830. The van der Waals surface area contributed by atoms with E-state index in [0.717, 1.165) is 44.5 Å². The Labute approximate surface area is 104 Å². The van der Waals surface area contributed by atoms with Crippen LogP contribution in [0.15, 0.2) is 12.4 Å². The molecule has 17 heavy (non-hydrogen) atoms. The molecule has 96 valence electrons. The van der Waals surface area contributed by atoms with Crippen LogP contribution in [0, 0.1) is 5.92 Å². The van der Waals surface area contributed by atoms with Gasteiger partial charge < -0.3 is 9.67 Å². The van der Waals surface area contributed by atoms with E-state index in [9.17, 15) is 5.11 Å². The molecule has 3 nitrogen and oxygen atoms in total. The minimum atomic E-state index is -0.508. The molecule has 3 heteroatoms. The minimum Gasteiger partial charge on any atom is -0.389 e. The first kappa shape index (κ1) is 12.6. The molecule has 1 heterocycles. The van der Waals surface area contributed by atoms with Gasteiger partial charge in [0.25, 0.3) is 0 Å². The van der Waals surface area contributed by atoms with Crippen molar-refractivity contribution in [3.63, 3.8) is 0 Å². The average molecular weight is 236 g/mol. The Morgan fingerprint density at radius 1 is 1.53 bits per heavy atom. The smallest absolute Gasteiger partial charge is 0.111 e. The van der Waals surface area contributed by atoms with Gasteiger partial charge in [-0.25, -0.2) is 4.98 Å². The third-order valence-electron chi connectivity index (χ3n) is 4.15. The second kappa shape index (κ2) is 5.21. The number of rotatable bonds is 5. The maximum Gasteiger partial charge on any atom is 0.111 e. The third kappa shape index (κ3) is 2.54. The van der Waals surface area contributed by atoms with E-state index < -0.39 is 5.60 Å². The summed E-state index contributed by atoms with van der Waals surface area (Å²) in [5, 5.41) is 10.8. The zero-order chi connectivity index (χ0) is 12.3. The number of aromatic nitrogens is 2. The van der Waals surface area contributed by atoms with Gasteiger partial charge in [0.2, 0.25) is 0 Å². The summed E-state index contributed by atoms with van der Waals surface area (Å²) < 4.78 is 2.18. The lowest BCUT2D eigenvalue weighted by atomic mass is 9.85. The van der Waals surface area contributed by atoms with Crippen molar-refractivity contribution in [2.24, 2.45) is 5.92 Å². The highest BCUT2D eigenvalue weighted by molar-refractivity contribution is 5.03. The minimum absolute atomic E-state index is 0.453. The number of aryl methyl sites for hydroxylation is 1. The molecule has 1 saturated carbocycles. The largest absolute Gasteiger partial charge is 0.389 e. The summed E-state index contributed by atoms with van der Waals surface area (Å²) in [4.78, 5) is 4.42. The van der Waals surface area contributed by atoms with Crippen molar-refractivity contribution in [1.82, 2.24) is 9.55 Å². The molecule has 1 aromatic rings. The first-order valence-electron chi connectivity index (χ1n) is 6.92. The van der Waals surface area contributed by atoms with Crippen LogP contribution < -0.4 is 0 Å². The summed E-state index contributed by atoms with van der Waals surface area (Å²) >= 11 is 0. The zero-order valence-electron chi connectivity index (χ0n) is 11.0. The van der Waals surface area contributed by atoms with E-state index in [1.807, 2.05) is 12.4 Å². The van der Waals surface area contributed by atoms with Crippen molar-refractivity contribution in [2.75, 3.05) is 0 Å². The van der Waals surface area contributed by atoms with Gasteiger partial charge in [0.05, 0.1) is 5.60 Å². The van der Waals surface area contributed by atoms with Gasteiger partial charge in [-0.15, -0.1) is 0 Å². The maximum atomic E-state index is 10.8. The first-order valence-corrected chi connectivity index (χ1v) is 6.92. The van der Waals surface area contributed by atoms with Crippen molar-refractivity contribution in [1.29, 1.82) is 0 Å². The monoisotopic (exact) mass is 236 g/mol. The van der Waals surface area contributed by atoms with Crippen LogP contribution in [0.4, 0.5) is 0 Å². The van der Waals surface area contributed by atoms with Crippen LogP contribution in [0.1, 0.15) is 51.8 Å². The summed E-state index contributed by atoms with van der Waals surface area (Å²) in [6.45, 7) is 5.35. The van der Waals surface area contributed by atoms with E-state index in [-0.39, 0.29) is 0 Å². The molecule has 0 spiro atoms. The molecular weight excluding hydrogens is 212 g/mol. The van der Waals surface area contributed by atoms with E-state index in [1.165, 1.54) is 6.42 Å². The second-order valence-electron chi connectivity index (χ2n) is 5.31. The van der Waals surface area contributed by atoms with Crippen LogP contribution in [-0.4, -0.2) is 20.3 Å². The fourth-order valence-corrected chi connectivity index (χ4v) is 3.17. The molecule has 0 aromatic carbocycles. The summed E-state index contributed by atoms with van der Waals surface area (Å²) in [7, 11) is 0. The van der Waals surface area contributed by atoms with Crippen molar-refractivity contribution < 1.29 is 5.11 Å². The lowest BCUT2D eigenvalue weighted by Gasteiger charge is -2.29. The van der Waals surface area contributed by atoms with Gasteiger partial charge in [0.1, 0.15) is 5.82 Å². The number of aliphatic hydroxyl groups is 1. The normalized spacial score (nSPS) is 28.8. The summed E-state index contributed by atoms with van der Waals surface area (Å²) in [5.74, 6) is 1.50. The Morgan fingerprint density at radius 3 is 3.06 bits per heavy atom. The molecule has 1 N–H and O–H groups in total. The number of hydrogen-bond acceptors (Lipinski definition) is 2. The van der Waals surface area contributed by atoms with Crippen LogP contribution in [0.25, 0.3) is 0 Å². The van der Waals surface area contributed by atoms with Crippen LogP contribution in [0.2, 0.25) is 0 Å². The number of hydrogen-bond donors (Lipinski definition) is 1. The average Bonchev–Trinajstić information content (AvgIpc) is 2.87. The van der Waals surface area contributed by atoms with E-state index in [1.54, 1.807) is 0 Å². The Balaban J connectivity index is 2.11. The van der Waals surface area contributed by atoms with Gasteiger partial charge >= 0.3 is 0 Å². The molecule has 2 rings (SSSR count). The van der Waals surface area contributed by atoms with Gasteiger partial charge in [0.15, 0.2) is 0 Å². The molecule has 2 atom stereocenters. The highest BCUT2D eigenvalue weighted by Crippen LogP contribution is 2.39. The molecule has 0 radical (unpaired) electrons.